The van der Waals surface area contributed by atoms with E-state index < -0.39 is 12.7 Å². The van der Waals surface area contributed by atoms with Crippen molar-refractivity contribution in [2.24, 2.45) is 0 Å². The molecule has 2 aromatic rings. The maximum absolute atomic E-state index is 13.2. The number of halogens is 2. The van der Waals surface area contributed by atoms with E-state index in [0.29, 0.717) is 30.0 Å². The van der Waals surface area contributed by atoms with Gasteiger partial charge < -0.3 is 25.0 Å². The molecule has 2 N–H and O–H groups in total. The number of benzene rings is 2. The van der Waals surface area contributed by atoms with E-state index in [2.05, 4.69) is 15.4 Å². The number of anilines is 2. The first-order valence-electron chi connectivity index (χ1n) is 10.1. The highest BCUT2D eigenvalue weighted by Gasteiger charge is 2.27. The zero-order chi connectivity index (χ0) is 22.2. The normalized spacial score (nSPS) is 16.0. The molecule has 2 aromatic carbocycles. The predicted octanol–water partition coefficient (Wildman–Crippen LogP) is 4.38. The largest absolute Gasteiger partial charge is 0.450 e. The van der Waals surface area contributed by atoms with Crippen LogP contribution in [0.4, 0.5) is 25.0 Å². The van der Waals surface area contributed by atoms with Crippen molar-refractivity contribution in [3.05, 3.63) is 54.1 Å². The van der Waals surface area contributed by atoms with E-state index in [0.717, 1.165) is 12.8 Å². The van der Waals surface area contributed by atoms with Gasteiger partial charge in [0, 0.05) is 24.8 Å². The minimum absolute atomic E-state index is 0.0540. The number of hydrogen-bond donors (Lipinski definition) is 2. The maximum atomic E-state index is 13.2. The molecule has 31 heavy (non-hydrogen) atoms. The Labute approximate surface area is 179 Å². The average molecular weight is 433 g/mol. The second-order valence-electron chi connectivity index (χ2n) is 7.03. The molecule has 7 nitrogen and oxygen atoms in total. The lowest BCUT2D eigenvalue weighted by atomic mass is 10.0. The van der Waals surface area contributed by atoms with Crippen LogP contribution in [0.15, 0.2) is 48.5 Å². The molecule has 0 aliphatic carbocycles. The molecule has 0 radical (unpaired) electrons. The molecule has 166 valence electrons. The molecule has 1 unspecified atom stereocenters. The number of piperidine rings is 1. The van der Waals surface area contributed by atoms with Gasteiger partial charge in [0.25, 0.3) is 5.91 Å². The third kappa shape index (κ3) is 6.31. The Balaban J connectivity index is 1.69. The van der Waals surface area contributed by atoms with Gasteiger partial charge in [0.05, 0.1) is 17.9 Å². The molecule has 1 aliphatic heterocycles. The Hall–Kier alpha value is -3.36. The Morgan fingerprint density at radius 3 is 2.61 bits per heavy atom. The fourth-order valence-corrected chi connectivity index (χ4v) is 3.44. The van der Waals surface area contributed by atoms with E-state index in [1.165, 1.54) is 12.1 Å². The van der Waals surface area contributed by atoms with Gasteiger partial charge in [0.2, 0.25) is 0 Å². The van der Waals surface area contributed by atoms with E-state index in [-0.39, 0.29) is 24.3 Å². The van der Waals surface area contributed by atoms with Crippen molar-refractivity contribution in [2.45, 2.75) is 32.4 Å². The SMILES string of the molecule is CCOC(=O)NC1CCCN(C(=O)c2ccccc2Nc2ccc(OC(F)F)cc2)C1. The highest BCUT2D eigenvalue weighted by molar-refractivity contribution is 6.00. The smallest absolute Gasteiger partial charge is 0.407 e. The molecule has 1 fully saturated rings. The van der Waals surface area contributed by atoms with Gasteiger partial charge in [-0.15, -0.1) is 0 Å². The van der Waals surface area contributed by atoms with Gasteiger partial charge >= 0.3 is 12.7 Å². The number of nitrogens with one attached hydrogen (secondary N) is 2. The number of rotatable bonds is 7. The number of alkyl carbamates (subject to hydrolysis) is 1. The number of alkyl halides is 2. The van der Waals surface area contributed by atoms with Crippen LogP contribution in [0.3, 0.4) is 0 Å². The Morgan fingerprint density at radius 2 is 1.90 bits per heavy atom. The Morgan fingerprint density at radius 1 is 1.16 bits per heavy atom. The monoisotopic (exact) mass is 433 g/mol. The first-order valence-corrected chi connectivity index (χ1v) is 10.1. The lowest BCUT2D eigenvalue weighted by Crippen LogP contribution is -2.49. The van der Waals surface area contributed by atoms with Gasteiger partial charge in [-0.2, -0.15) is 8.78 Å². The number of para-hydroxylation sites is 1. The van der Waals surface area contributed by atoms with Crippen molar-refractivity contribution in [1.29, 1.82) is 0 Å². The summed E-state index contributed by atoms with van der Waals surface area (Å²) in [6.07, 6.45) is 1.06. The topological polar surface area (TPSA) is 79.9 Å². The number of carbonyl (C=O) groups is 2. The van der Waals surface area contributed by atoms with Crippen LogP contribution in [0.1, 0.15) is 30.1 Å². The molecule has 9 heteroatoms. The summed E-state index contributed by atoms with van der Waals surface area (Å²) in [7, 11) is 0. The van der Waals surface area contributed by atoms with Crippen molar-refractivity contribution in [1.82, 2.24) is 10.2 Å². The minimum atomic E-state index is -2.89. The number of carbonyl (C=O) groups excluding carboxylic acids is 2. The van der Waals surface area contributed by atoms with Crippen LogP contribution in [0.5, 0.6) is 5.75 Å². The fourth-order valence-electron chi connectivity index (χ4n) is 3.44. The van der Waals surface area contributed by atoms with E-state index in [1.54, 1.807) is 48.2 Å². The number of hydrogen-bond acceptors (Lipinski definition) is 5. The van der Waals surface area contributed by atoms with Crippen LogP contribution in [0, 0.1) is 0 Å². The summed E-state index contributed by atoms with van der Waals surface area (Å²) in [4.78, 5) is 26.6. The van der Waals surface area contributed by atoms with Crippen molar-refractivity contribution in [3.63, 3.8) is 0 Å². The quantitative estimate of drug-likeness (QED) is 0.677. The lowest BCUT2D eigenvalue weighted by molar-refractivity contribution is -0.0498. The van der Waals surface area contributed by atoms with E-state index in [4.69, 9.17) is 4.74 Å². The molecule has 1 heterocycles. The molecule has 0 aromatic heterocycles. The van der Waals surface area contributed by atoms with Gasteiger partial charge in [0.15, 0.2) is 0 Å². The second kappa shape index (κ2) is 10.6. The highest BCUT2D eigenvalue weighted by atomic mass is 19.3. The zero-order valence-electron chi connectivity index (χ0n) is 17.1. The summed E-state index contributed by atoms with van der Waals surface area (Å²) in [6.45, 7) is 0.123. The van der Waals surface area contributed by atoms with Crippen molar-refractivity contribution < 1.29 is 27.8 Å². The van der Waals surface area contributed by atoms with Crippen molar-refractivity contribution in [2.75, 3.05) is 25.0 Å². The van der Waals surface area contributed by atoms with Crippen LogP contribution in [-0.2, 0) is 4.74 Å². The summed E-state index contributed by atoms with van der Waals surface area (Å²) >= 11 is 0. The molecule has 1 atom stereocenters. The summed E-state index contributed by atoms with van der Waals surface area (Å²) in [5, 5.41) is 5.95. The number of ether oxygens (including phenoxy) is 2. The van der Waals surface area contributed by atoms with Crippen LogP contribution < -0.4 is 15.4 Å². The molecular weight excluding hydrogens is 408 g/mol. The second-order valence-corrected chi connectivity index (χ2v) is 7.03. The van der Waals surface area contributed by atoms with Crippen LogP contribution in [0.2, 0.25) is 0 Å². The van der Waals surface area contributed by atoms with E-state index >= 15 is 0 Å². The lowest BCUT2D eigenvalue weighted by Gasteiger charge is -2.33. The molecule has 1 saturated heterocycles. The van der Waals surface area contributed by atoms with Crippen molar-refractivity contribution >= 4 is 23.4 Å². The van der Waals surface area contributed by atoms with E-state index in [1.807, 2.05) is 0 Å². The molecule has 0 spiro atoms. The third-order valence-electron chi connectivity index (χ3n) is 4.82. The first-order chi connectivity index (χ1) is 15.0. The summed E-state index contributed by atoms with van der Waals surface area (Å²) in [5.41, 5.74) is 1.70. The minimum Gasteiger partial charge on any atom is -0.450 e. The first kappa shape index (κ1) is 22.3. The Kier molecular flexibility index (Phi) is 7.64. The van der Waals surface area contributed by atoms with Gasteiger partial charge in [0.1, 0.15) is 5.75 Å². The summed E-state index contributed by atoms with van der Waals surface area (Å²) in [5.74, 6) is -0.102. The van der Waals surface area contributed by atoms with Gasteiger partial charge in [-0.1, -0.05) is 12.1 Å². The summed E-state index contributed by atoms with van der Waals surface area (Å²) < 4.78 is 33.9. The standard InChI is InChI=1S/C22H25F2N3O4/c1-2-30-22(29)26-16-6-5-13-27(14-16)20(28)18-7-3-4-8-19(18)25-15-9-11-17(12-10-15)31-21(23)24/h3-4,7-12,16,21,25H,2,5-6,13-14H2,1H3,(H,26,29). The number of amides is 2. The van der Waals surface area contributed by atoms with Crippen LogP contribution in [-0.4, -0.2) is 49.3 Å². The number of likely N-dealkylation sites (tertiary alicyclic amines) is 1. The van der Waals surface area contributed by atoms with Crippen molar-refractivity contribution in [3.8, 4) is 5.75 Å². The number of nitrogens with zero attached hydrogens (tertiary/aromatic N) is 1. The maximum Gasteiger partial charge on any atom is 0.407 e. The third-order valence-corrected chi connectivity index (χ3v) is 4.82. The summed E-state index contributed by atoms with van der Waals surface area (Å²) in [6, 6.07) is 12.9. The fraction of sp³-hybridized carbons (Fsp3) is 0.364. The molecule has 0 bridgehead atoms. The predicted molar refractivity (Wildman–Crippen MR) is 112 cm³/mol. The zero-order valence-corrected chi connectivity index (χ0v) is 17.1. The molecule has 1 aliphatic rings. The molecule has 3 rings (SSSR count). The van der Waals surface area contributed by atoms with E-state index in [9.17, 15) is 18.4 Å². The van der Waals surface area contributed by atoms with Crippen LogP contribution in [0.25, 0.3) is 0 Å². The average Bonchev–Trinajstić information content (AvgIpc) is 2.75. The van der Waals surface area contributed by atoms with Gasteiger partial charge in [-0.05, 0) is 56.2 Å². The highest BCUT2D eigenvalue weighted by Crippen LogP contribution is 2.25. The van der Waals surface area contributed by atoms with Crippen LogP contribution >= 0.6 is 0 Å². The molecule has 0 saturated carbocycles. The molecule has 2 amide bonds. The molecular formula is C22H25F2N3O4. The Bertz CT molecular complexity index is 893. The van der Waals surface area contributed by atoms with Gasteiger partial charge in [-0.25, -0.2) is 4.79 Å². The van der Waals surface area contributed by atoms with Gasteiger partial charge in [-0.3, -0.25) is 4.79 Å².